The fourth-order valence-corrected chi connectivity index (χ4v) is 4.40. The number of hydrogen-bond donors (Lipinski definition) is 3. The minimum Gasteiger partial charge on any atom is -0.504 e. The number of nitrogens with one attached hydrogen (secondary N) is 1. The SMILES string of the molecule is Cc1ccc(NC(=O)C2(c3ccc(O)c(O)c3)CC2)cc1-c1ccc(CN(C)S(C)(=O)=O)cc1. The number of amides is 1. The predicted molar refractivity (Wildman–Crippen MR) is 132 cm³/mol. The van der Waals surface area contributed by atoms with Crippen molar-refractivity contribution in [2.24, 2.45) is 0 Å². The van der Waals surface area contributed by atoms with E-state index in [-0.39, 0.29) is 17.4 Å². The minimum absolute atomic E-state index is 0.147. The van der Waals surface area contributed by atoms with Crippen LogP contribution in [0.2, 0.25) is 0 Å². The minimum atomic E-state index is -3.25. The lowest BCUT2D eigenvalue weighted by atomic mass is 9.94. The molecule has 4 rings (SSSR count). The van der Waals surface area contributed by atoms with E-state index in [0.717, 1.165) is 22.3 Å². The summed E-state index contributed by atoms with van der Waals surface area (Å²) >= 11 is 0. The molecular formula is C26H28N2O5S. The summed E-state index contributed by atoms with van der Waals surface area (Å²) in [5, 5.41) is 22.4. The number of aryl methyl sites for hydroxylation is 1. The van der Waals surface area contributed by atoms with E-state index in [1.54, 1.807) is 13.1 Å². The highest BCUT2D eigenvalue weighted by molar-refractivity contribution is 7.88. The summed E-state index contributed by atoms with van der Waals surface area (Å²) in [7, 11) is -1.70. The Labute approximate surface area is 199 Å². The van der Waals surface area contributed by atoms with Gasteiger partial charge in [-0.05, 0) is 71.8 Å². The van der Waals surface area contributed by atoms with E-state index in [2.05, 4.69) is 5.32 Å². The first-order valence-corrected chi connectivity index (χ1v) is 12.8. The van der Waals surface area contributed by atoms with Crippen LogP contribution in [-0.2, 0) is 26.8 Å². The van der Waals surface area contributed by atoms with Crippen LogP contribution in [0.25, 0.3) is 11.1 Å². The summed E-state index contributed by atoms with van der Waals surface area (Å²) < 4.78 is 24.6. The van der Waals surface area contributed by atoms with Crippen LogP contribution < -0.4 is 5.32 Å². The van der Waals surface area contributed by atoms with Crippen LogP contribution in [0.1, 0.15) is 29.5 Å². The van der Waals surface area contributed by atoms with E-state index < -0.39 is 15.4 Å². The molecule has 178 valence electrons. The fraction of sp³-hybridized carbons (Fsp3) is 0.269. The Morgan fingerprint density at radius 2 is 1.68 bits per heavy atom. The van der Waals surface area contributed by atoms with Crippen LogP contribution in [0.15, 0.2) is 60.7 Å². The second-order valence-corrected chi connectivity index (χ2v) is 11.1. The molecule has 0 aromatic heterocycles. The van der Waals surface area contributed by atoms with Gasteiger partial charge >= 0.3 is 0 Å². The number of aromatic hydroxyl groups is 2. The first kappa shape index (κ1) is 23.8. The Bertz CT molecular complexity index is 1350. The van der Waals surface area contributed by atoms with Gasteiger partial charge in [-0.2, -0.15) is 0 Å². The zero-order valence-corrected chi connectivity index (χ0v) is 20.2. The van der Waals surface area contributed by atoms with Crippen LogP contribution >= 0.6 is 0 Å². The molecule has 7 nitrogen and oxygen atoms in total. The molecule has 0 heterocycles. The molecule has 0 unspecified atom stereocenters. The first-order valence-electron chi connectivity index (χ1n) is 10.9. The summed E-state index contributed by atoms with van der Waals surface area (Å²) in [6, 6.07) is 17.9. The molecule has 3 aromatic carbocycles. The summed E-state index contributed by atoms with van der Waals surface area (Å²) in [6.45, 7) is 2.29. The Hall–Kier alpha value is -3.36. The van der Waals surface area contributed by atoms with Crippen LogP contribution in [0.5, 0.6) is 11.5 Å². The molecule has 1 fully saturated rings. The van der Waals surface area contributed by atoms with Crippen molar-refractivity contribution in [1.29, 1.82) is 0 Å². The largest absolute Gasteiger partial charge is 0.504 e. The number of rotatable bonds is 7. The van der Waals surface area contributed by atoms with Gasteiger partial charge in [-0.1, -0.05) is 36.4 Å². The molecule has 1 aliphatic carbocycles. The van der Waals surface area contributed by atoms with Crippen molar-refractivity contribution in [2.75, 3.05) is 18.6 Å². The maximum Gasteiger partial charge on any atom is 0.235 e. The second-order valence-electron chi connectivity index (χ2n) is 8.99. The second kappa shape index (κ2) is 8.77. The van der Waals surface area contributed by atoms with Crippen molar-refractivity contribution >= 4 is 21.6 Å². The molecule has 0 saturated heterocycles. The van der Waals surface area contributed by atoms with Crippen LogP contribution in [0, 0.1) is 6.92 Å². The highest BCUT2D eigenvalue weighted by atomic mass is 32.2. The number of carbonyl (C=O) groups is 1. The zero-order valence-electron chi connectivity index (χ0n) is 19.4. The average molecular weight is 481 g/mol. The van der Waals surface area contributed by atoms with Gasteiger partial charge in [0.05, 0.1) is 11.7 Å². The third-order valence-corrected chi connectivity index (χ3v) is 7.71. The highest BCUT2D eigenvalue weighted by Crippen LogP contribution is 2.50. The van der Waals surface area contributed by atoms with E-state index in [9.17, 15) is 23.4 Å². The van der Waals surface area contributed by atoms with Crippen molar-refractivity contribution in [3.8, 4) is 22.6 Å². The maximum atomic E-state index is 13.1. The van der Waals surface area contributed by atoms with Crippen LogP contribution in [0.4, 0.5) is 5.69 Å². The number of benzene rings is 3. The van der Waals surface area contributed by atoms with Gasteiger partial charge in [0.25, 0.3) is 0 Å². The third-order valence-electron chi connectivity index (χ3n) is 6.44. The van der Waals surface area contributed by atoms with Gasteiger partial charge in [-0.25, -0.2) is 12.7 Å². The molecule has 34 heavy (non-hydrogen) atoms. The Balaban J connectivity index is 1.53. The topological polar surface area (TPSA) is 107 Å². The third kappa shape index (κ3) is 4.78. The number of hydrogen-bond acceptors (Lipinski definition) is 5. The van der Waals surface area contributed by atoms with Crippen molar-refractivity contribution in [1.82, 2.24) is 4.31 Å². The summed E-state index contributed by atoms with van der Waals surface area (Å²) in [5.41, 5.74) is 4.50. The molecule has 3 aromatic rings. The molecule has 1 aliphatic rings. The molecule has 1 amide bonds. The van der Waals surface area contributed by atoms with E-state index >= 15 is 0 Å². The van der Waals surface area contributed by atoms with Gasteiger partial charge in [-0.15, -0.1) is 0 Å². The standard InChI is InChI=1S/C26H28N2O5S/c1-17-4-10-21(27-25(31)26(12-13-26)20-9-11-23(29)24(30)14-20)15-22(17)19-7-5-18(6-8-19)16-28(2)34(3,32)33/h4-11,14-15,29-30H,12-13,16H2,1-3H3,(H,27,31). The first-order chi connectivity index (χ1) is 16.0. The van der Waals surface area contributed by atoms with Gasteiger partial charge < -0.3 is 15.5 Å². The highest BCUT2D eigenvalue weighted by Gasteiger charge is 2.51. The molecule has 0 radical (unpaired) electrons. The number of sulfonamides is 1. The van der Waals surface area contributed by atoms with Gasteiger partial charge in [0.1, 0.15) is 0 Å². The van der Waals surface area contributed by atoms with E-state index in [1.165, 1.54) is 22.7 Å². The van der Waals surface area contributed by atoms with Gasteiger partial charge in [0.15, 0.2) is 11.5 Å². The monoisotopic (exact) mass is 480 g/mol. The van der Waals surface area contributed by atoms with Crippen molar-refractivity contribution in [3.05, 3.63) is 77.4 Å². The molecule has 0 bridgehead atoms. The van der Waals surface area contributed by atoms with E-state index in [4.69, 9.17) is 0 Å². The summed E-state index contributed by atoms with van der Waals surface area (Å²) in [4.78, 5) is 13.1. The summed E-state index contributed by atoms with van der Waals surface area (Å²) in [6.07, 6.45) is 2.52. The van der Waals surface area contributed by atoms with Crippen molar-refractivity contribution in [3.63, 3.8) is 0 Å². The van der Waals surface area contributed by atoms with Gasteiger partial charge in [0, 0.05) is 19.3 Å². The van der Waals surface area contributed by atoms with Crippen LogP contribution in [0.3, 0.4) is 0 Å². The molecule has 1 saturated carbocycles. The molecular weight excluding hydrogens is 452 g/mol. The number of anilines is 1. The van der Waals surface area contributed by atoms with Crippen molar-refractivity contribution in [2.45, 2.75) is 31.7 Å². The molecule has 0 aliphatic heterocycles. The molecule has 0 spiro atoms. The maximum absolute atomic E-state index is 13.1. The van der Waals surface area contributed by atoms with Gasteiger partial charge in [-0.3, -0.25) is 4.79 Å². The lowest BCUT2D eigenvalue weighted by molar-refractivity contribution is -0.118. The zero-order chi connectivity index (χ0) is 24.7. The van der Waals surface area contributed by atoms with E-state index in [1.807, 2.05) is 49.4 Å². The smallest absolute Gasteiger partial charge is 0.235 e. The Kier molecular flexibility index (Phi) is 6.14. The average Bonchev–Trinajstić information content (AvgIpc) is 3.59. The Morgan fingerprint density at radius 1 is 1.00 bits per heavy atom. The number of phenolic OH excluding ortho intramolecular Hbond substituents is 2. The quantitative estimate of drug-likeness (QED) is 0.441. The summed E-state index contributed by atoms with van der Waals surface area (Å²) in [5.74, 6) is -0.593. The molecule has 3 N–H and O–H groups in total. The van der Waals surface area contributed by atoms with Crippen molar-refractivity contribution < 1.29 is 23.4 Å². The number of nitrogens with zero attached hydrogens (tertiary/aromatic N) is 1. The predicted octanol–water partition coefficient (Wildman–Crippen LogP) is 4.13. The van der Waals surface area contributed by atoms with Gasteiger partial charge in [0.2, 0.25) is 15.9 Å². The van der Waals surface area contributed by atoms with Crippen LogP contribution in [-0.4, -0.2) is 42.1 Å². The number of carbonyl (C=O) groups excluding carboxylic acids is 1. The molecule has 0 atom stereocenters. The lowest BCUT2D eigenvalue weighted by Crippen LogP contribution is -2.27. The Morgan fingerprint density at radius 3 is 2.26 bits per heavy atom. The normalized spacial score (nSPS) is 14.7. The number of phenols is 2. The van der Waals surface area contributed by atoms with E-state index in [0.29, 0.717) is 30.6 Å². The lowest BCUT2D eigenvalue weighted by Gasteiger charge is -2.18. The fourth-order valence-electron chi connectivity index (χ4n) is 4.02. The molecule has 8 heteroatoms.